The van der Waals surface area contributed by atoms with Crippen LogP contribution in [-0.4, -0.2) is 49.7 Å². The van der Waals surface area contributed by atoms with Gasteiger partial charge in [-0.15, -0.1) is 0 Å². The summed E-state index contributed by atoms with van der Waals surface area (Å²) in [5.74, 6) is 0.209. The molecule has 86 valence electrons. The largest absolute Gasteiger partial charge is 0.378 e. The van der Waals surface area contributed by atoms with E-state index in [1.54, 1.807) is 0 Å². The predicted molar refractivity (Wildman–Crippen MR) is 57.6 cm³/mol. The molecule has 1 aliphatic heterocycles. The van der Waals surface area contributed by atoms with Crippen LogP contribution in [-0.2, 0) is 9.53 Å². The lowest BCUT2D eigenvalue weighted by Crippen LogP contribution is -2.45. The van der Waals surface area contributed by atoms with E-state index in [9.17, 15) is 4.79 Å². The van der Waals surface area contributed by atoms with Gasteiger partial charge in [-0.05, 0) is 11.8 Å². The Bertz CT molecular complexity index is 247. The van der Waals surface area contributed by atoms with Gasteiger partial charge in [0.15, 0.2) is 0 Å². The second kappa shape index (κ2) is 4.10. The van der Waals surface area contributed by atoms with Gasteiger partial charge in [0.1, 0.15) is 0 Å². The van der Waals surface area contributed by atoms with Crippen molar-refractivity contribution < 1.29 is 9.53 Å². The van der Waals surface area contributed by atoms with E-state index in [2.05, 4.69) is 19.2 Å². The SMILES string of the molecule is CC1(C)CC1NCC(=O)N1CCOCC1. The average Bonchev–Trinajstić information content (AvgIpc) is 2.84. The van der Waals surface area contributed by atoms with Crippen LogP contribution in [0.3, 0.4) is 0 Å². The first-order valence-corrected chi connectivity index (χ1v) is 5.68. The second-order valence-electron chi connectivity index (χ2n) is 5.12. The summed E-state index contributed by atoms with van der Waals surface area (Å²) in [6.45, 7) is 7.78. The molecule has 1 saturated carbocycles. The second-order valence-corrected chi connectivity index (χ2v) is 5.12. The minimum absolute atomic E-state index is 0.209. The van der Waals surface area contributed by atoms with Crippen LogP contribution in [0.4, 0.5) is 0 Å². The molecule has 2 fully saturated rings. The molecule has 15 heavy (non-hydrogen) atoms. The highest BCUT2D eigenvalue weighted by Gasteiger charge is 2.45. The van der Waals surface area contributed by atoms with Crippen LogP contribution >= 0.6 is 0 Å². The molecule has 1 N–H and O–H groups in total. The molecular formula is C11H20N2O2. The summed E-state index contributed by atoms with van der Waals surface area (Å²) in [4.78, 5) is 13.6. The molecule has 1 unspecified atom stereocenters. The topological polar surface area (TPSA) is 41.6 Å². The Balaban J connectivity index is 1.68. The Morgan fingerprint density at radius 1 is 1.47 bits per heavy atom. The summed E-state index contributed by atoms with van der Waals surface area (Å²) in [7, 11) is 0. The third-order valence-corrected chi connectivity index (χ3v) is 3.38. The smallest absolute Gasteiger partial charge is 0.236 e. The zero-order valence-electron chi connectivity index (χ0n) is 9.58. The maximum atomic E-state index is 11.7. The van der Waals surface area contributed by atoms with Gasteiger partial charge in [0.05, 0.1) is 19.8 Å². The monoisotopic (exact) mass is 212 g/mol. The van der Waals surface area contributed by atoms with Gasteiger partial charge in [-0.25, -0.2) is 0 Å². The first-order valence-electron chi connectivity index (χ1n) is 5.68. The van der Waals surface area contributed by atoms with Crippen molar-refractivity contribution in [2.45, 2.75) is 26.3 Å². The summed E-state index contributed by atoms with van der Waals surface area (Å²) in [6.07, 6.45) is 1.18. The van der Waals surface area contributed by atoms with Crippen LogP contribution in [0.1, 0.15) is 20.3 Å². The number of ether oxygens (including phenoxy) is 1. The Morgan fingerprint density at radius 2 is 2.07 bits per heavy atom. The highest BCUT2D eigenvalue weighted by molar-refractivity contribution is 5.78. The van der Waals surface area contributed by atoms with Crippen LogP contribution in [0.5, 0.6) is 0 Å². The van der Waals surface area contributed by atoms with Crippen LogP contribution in [0.25, 0.3) is 0 Å². The van der Waals surface area contributed by atoms with Crippen molar-refractivity contribution in [3.63, 3.8) is 0 Å². The zero-order chi connectivity index (χ0) is 10.9. The van der Waals surface area contributed by atoms with Crippen LogP contribution in [0.2, 0.25) is 0 Å². The van der Waals surface area contributed by atoms with E-state index in [-0.39, 0.29) is 5.91 Å². The van der Waals surface area contributed by atoms with Crippen molar-refractivity contribution in [1.82, 2.24) is 10.2 Å². The quantitative estimate of drug-likeness (QED) is 0.728. The van der Waals surface area contributed by atoms with E-state index in [0.29, 0.717) is 31.2 Å². The molecule has 1 heterocycles. The van der Waals surface area contributed by atoms with Gasteiger partial charge in [-0.1, -0.05) is 13.8 Å². The minimum Gasteiger partial charge on any atom is -0.378 e. The Kier molecular flexibility index (Phi) is 2.98. The lowest BCUT2D eigenvalue weighted by atomic mass is 10.2. The molecule has 0 radical (unpaired) electrons. The standard InChI is InChI=1S/C11H20N2O2/c1-11(2)7-9(11)12-8-10(14)13-3-5-15-6-4-13/h9,12H,3-8H2,1-2H3. The van der Waals surface area contributed by atoms with E-state index in [4.69, 9.17) is 4.74 Å². The number of nitrogens with zero attached hydrogens (tertiary/aromatic N) is 1. The number of hydrogen-bond donors (Lipinski definition) is 1. The molecule has 1 amide bonds. The zero-order valence-corrected chi connectivity index (χ0v) is 9.58. The fraction of sp³-hybridized carbons (Fsp3) is 0.909. The fourth-order valence-electron chi connectivity index (χ4n) is 1.95. The van der Waals surface area contributed by atoms with E-state index in [0.717, 1.165) is 13.1 Å². The molecule has 0 bridgehead atoms. The highest BCUT2D eigenvalue weighted by atomic mass is 16.5. The predicted octanol–water partition coefficient (Wildman–Crippen LogP) is 0.233. The number of nitrogens with one attached hydrogen (secondary N) is 1. The number of hydrogen-bond acceptors (Lipinski definition) is 3. The maximum absolute atomic E-state index is 11.7. The summed E-state index contributed by atoms with van der Waals surface area (Å²) in [6, 6.07) is 0.530. The first-order chi connectivity index (χ1) is 7.09. The molecule has 0 aromatic rings. The molecule has 1 saturated heterocycles. The molecule has 0 aromatic heterocycles. The normalized spacial score (nSPS) is 28.9. The lowest BCUT2D eigenvalue weighted by Gasteiger charge is -2.27. The van der Waals surface area contributed by atoms with E-state index in [1.807, 2.05) is 4.90 Å². The van der Waals surface area contributed by atoms with Gasteiger partial charge < -0.3 is 15.0 Å². The maximum Gasteiger partial charge on any atom is 0.236 e. The summed E-state index contributed by atoms with van der Waals surface area (Å²) in [5, 5.41) is 3.31. The molecule has 2 aliphatic rings. The molecule has 0 spiro atoms. The lowest BCUT2D eigenvalue weighted by molar-refractivity contribution is -0.134. The summed E-state index contributed by atoms with van der Waals surface area (Å²) >= 11 is 0. The van der Waals surface area contributed by atoms with Crippen molar-refractivity contribution >= 4 is 5.91 Å². The van der Waals surface area contributed by atoms with E-state index < -0.39 is 0 Å². The summed E-state index contributed by atoms with van der Waals surface area (Å²) in [5.41, 5.74) is 0.394. The van der Waals surface area contributed by atoms with Gasteiger partial charge in [0.2, 0.25) is 5.91 Å². The molecule has 4 nitrogen and oxygen atoms in total. The van der Waals surface area contributed by atoms with Crippen molar-refractivity contribution in [3.8, 4) is 0 Å². The van der Waals surface area contributed by atoms with Crippen molar-refractivity contribution in [2.75, 3.05) is 32.8 Å². The van der Waals surface area contributed by atoms with E-state index in [1.165, 1.54) is 6.42 Å². The number of morpholine rings is 1. The summed E-state index contributed by atoms with van der Waals surface area (Å²) < 4.78 is 5.21. The Hall–Kier alpha value is -0.610. The number of carbonyl (C=O) groups is 1. The Labute approximate surface area is 91.0 Å². The van der Waals surface area contributed by atoms with Gasteiger partial charge >= 0.3 is 0 Å². The van der Waals surface area contributed by atoms with Crippen LogP contribution in [0, 0.1) is 5.41 Å². The highest BCUT2D eigenvalue weighted by Crippen LogP contribution is 2.44. The van der Waals surface area contributed by atoms with Crippen molar-refractivity contribution in [3.05, 3.63) is 0 Å². The van der Waals surface area contributed by atoms with Crippen molar-refractivity contribution in [1.29, 1.82) is 0 Å². The fourth-order valence-corrected chi connectivity index (χ4v) is 1.95. The number of amides is 1. The van der Waals surface area contributed by atoms with Crippen LogP contribution in [0.15, 0.2) is 0 Å². The molecule has 4 heteroatoms. The molecule has 1 atom stereocenters. The van der Waals surface area contributed by atoms with Crippen LogP contribution < -0.4 is 5.32 Å². The van der Waals surface area contributed by atoms with Gasteiger partial charge in [-0.3, -0.25) is 4.79 Å². The van der Waals surface area contributed by atoms with Gasteiger partial charge in [0, 0.05) is 19.1 Å². The number of rotatable bonds is 3. The molecule has 1 aliphatic carbocycles. The minimum atomic E-state index is 0.209. The van der Waals surface area contributed by atoms with Gasteiger partial charge in [0.25, 0.3) is 0 Å². The average molecular weight is 212 g/mol. The third kappa shape index (κ3) is 2.69. The molecule has 2 rings (SSSR count). The van der Waals surface area contributed by atoms with Crippen molar-refractivity contribution in [2.24, 2.45) is 5.41 Å². The third-order valence-electron chi connectivity index (χ3n) is 3.38. The molecular weight excluding hydrogens is 192 g/mol. The first kappa shape index (κ1) is 10.9. The molecule has 0 aromatic carbocycles. The van der Waals surface area contributed by atoms with Gasteiger partial charge in [-0.2, -0.15) is 0 Å². The number of carbonyl (C=O) groups excluding carboxylic acids is 1. The Morgan fingerprint density at radius 3 is 2.60 bits per heavy atom. The van der Waals surface area contributed by atoms with E-state index >= 15 is 0 Å².